The molecule has 0 saturated carbocycles. The van der Waals surface area contributed by atoms with Crippen LogP contribution in [0.15, 0.2) is 132 Å². The van der Waals surface area contributed by atoms with E-state index in [-0.39, 0.29) is 17.1 Å². The number of rotatable bonds is 5. The van der Waals surface area contributed by atoms with Gasteiger partial charge < -0.3 is 10.6 Å². The molecule has 1 atom stereocenters. The first kappa shape index (κ1) is 24.4. The second-order valence-corrected chi connectivity index (χ2v) is 9.93. The van der Waals surface area contributed by atoms with Crippen LogP contribution in [0.3, 0.4) is 0 Å². The Morgan fingerprint density at radius 3 is 1.90 bits per heavy atom. The van der Waals surface area contributed by atoms with Gasteiger partial charge >= 0.3 is 0 Å². The number of hydrogen-bond donors (Lipinski definition) is 2. The molecule has 0 radical (unpaired) electrons. The minimum Gasteiger partial charge on any atom is -0.352 e. The molecule has 190 valence electrons. The zero-order chi connectivity index (χ0) is 26.8. The van der Waals surface area contributed by atoms with Gasteiger partial charge in [-0.1, -0.05) is 97.9 Å². The summed E-state index contributed by atoms with van der Waals surface area (Å²) in [5.41, 5.74) is 4.54. The second-order valence-electron chi connectivity index (χ2n) is 9.93. The lowest BCUT2D eigenvalue weighted by Crippen LogP contribution is -2.13. The third-order valence-corrected chi connectivity index (χ3v) is 7.16. The molecule has 0 heterocycles. The molecule has 39 heavy (non-hydrogen) atoms. The molecule has 1 aliphatic rings. The van der Waals surface area contributed by atoms with Gasteiger partial charge in [0.2, 0.25) is 5.43 Å². The fourth-order valence-electron chi connectivity index (χ4n) is 5.23. The predicted octanol–water partition coefficient (Wildman–Crippen LogP) is 8.22. The molecule has 0 spiro atoms. The summed E-state index contributed by atoms with van der Waals surface area (Å²) in [6, 6.07) is 33.5. The van der Waals surface area contributed by atoms with Crippen LogP contribution in [0.1, 0.15) is 13.3 Å². The van der Waals surface area contributed by atoms with Crippen molar-refractivity contribution in [3.05, 3.63) is 137 Å². The highest BCUT2D eigenvalue weighted by molar-refractivity contribution is 6.15. The van der Waals surface area contributed by atoms with Crippen LogP contribution >= 0.6 is 0 Å². The van der Waals surface area contributed by atoms with Crippen molar-refractivity contribution in [3.63, 3.8) is 0 Å². The Kier molecular flexibility index (Phi) is 6.52. The van der Waals surface area contributed by atoms with E-state index in [1.165, 1.54) is 0 Å². The average molecular weight is 509 g/mol. The summed E-state index contributed by atoms with van der Waals surface area (Å²) in [6.07, 6.45) is 6.33. The van der Waals surface area contributed by atoms with Gasteiger partial charge in [0.05, 0.1) is 11.4 Å². The third-order valence-electron chi connectivity index (χ3n) is 7.16. The van der Waals surface area contributed by atoms with Crippen molar-refractivity contribution in [1.82, 2.24) is 0 Å². The molecular formula is C35H28N2O2. The SMILES string of the molecule is CC1C=CC=C(Nc2ccc3ccccc3c2-c2c(Nc3cccccc3=O)ccc3ccccc23)C(=O)C1. The van der Waals surface area contributed by atoms with Crippen LogP contribution in [0.4, 0.5) is 17.1 Å². The van der Waals surface area contributed by atoms with E-state index in [2.05, 4.69) is 60.0 Å². The van der Waals surface area contributed by atoms with Crippen LogP contribution in [0.2, 0.25) is 0 Å². The van der Waals surface area contributed by atoms with Gasteiger partial charge in [0.25, 0.3) is 0 Å². The zero-order valence-corrected chi connectivity index (χ0v) is 21.6. The number of Topliss-reactive ketones (excluding diaryl/α,β-unsaturated/α-hetero) is 1. The van der Waals surface area contributed by atoms with Crippen molar-refractivity contribution >= 4 is 44.4 Å². The largest absolute Gasteiger partial charge is 0.352 e. The van der Waals surface area contributed by atoms with Gasteiger partial charge in [-0.25, -0.2) is 0 Å². The van der Waals surface area contributed by atoms with Gasteiger partial charge in [0.15, 0.2) is 5.78 Å². The van der Waals surface area contributed by atoms with Crippen LogP contribution in [-0.4, -0.2) is 5.78 Å². The first-order valence-electron chi connectivity index (χ1n) is 13.2. The van der Waals surface area contributed by atoms with E-state index >= 15 is 0 Å². The Morgan fingerprint density at radius 1 is 0.615 bits per heavy atom. The smallest absolute Gasteiger partial charge is 0.201 e. The summed E-state index contributed by atoms with van der Waals surface area (Å²) in [5, 5.41) is 11.2. The number of fused-ring (bicyclic) bond motifs is 2. The lowest BCUT2D eigenvalue weighted by Gasteiger charge is -2.21. The van der Waals surface area contributed by atoms with Gasteiger partial charge in [0, 0.05) is 28.9 Å². The number of allylic oxidation sites excluding steroid dienone is 4. The number of ketones is 1. The Labute approximate surface area is 227 Å². The van der Waals surface area contributed by atoms with E-state index in [0.717, 1.165) is 44.0 Å². The van der Waals surface area contributed by atoms with Crippen molar-refractivity contribution in [1.29, 1.82) is 0 Å². The van der Waals surface area contributed by atoms with E-state index in [4.69, 9.17) is 0 Å². The highest BCUT2D eigenvalue weighted by Crippen LogP contribution is 2.44. The number of nitrogens with one attached hydrogen (secondary N) is 2. The number of carbonyl (C=O) groups is 1. The summed E-state index contributed by atoms with van der Waals surface area (Å²) in [4.78, 5) is 26.0. The van der Waals surface area contributed by atoms with Crippen LogP contribution in [0.5, 0.6) is 0 Å². The third kappa shape index (κ3) is 4.85. The predicted molar refractivity (Wildman–Crippen MR) is 163 cm³/mol. The first-order chi connectivity index (χ1) is 19.1. The topological polar surface area (TPSA) is 58.2 Å². The fourth-order valence-corrected chi connectivity index (χ4v) is 5.23. The van der Waals surface area contributed by atoms with E-state index in [9.17, 15) is 9.59 Å². The van der Waals surface area contributed by atoms with Gasteiger partial charge in [-0.3, -0.25) is 9.59 Å². The van der Waals surface area contributed by atoms with Crippen molar-refractivity contribution in [2.24, 2.45) is 5.92 Å². The Balaban J connectivity index is 1.62. The Hall–Kier alpha value is -4.96. The molecule has 5 aromatic rings. The van der Waals surface area contributed by atoms with Crippen molar-refractivity contribution in [2.75, 3.05) is 10.6 Å². The molecule has 1 unspecified atom stereocenters. The number of carbonyl (C=O) groups excluding carboxylic acids is 1. The highest BCUT2D eigenvalue weighted by atomic mass is 16.1. The molecule has 0 aliphatic heterocycles. The first-order valence-corrected chi connectivity index (χ1v) is 13.2. The molecular weight excluding hydrogens is 480 g/mol. The number of anilines is 3. The van der Waals surface area contributed by atoms with Crippen molar-refractivity contribution < 1.29 is 4.79 Å². The second kappa shape index (κ2) is 10.4. The van der Waals surface area contributed by atoms with Gasteiger partial charge in [-0.2, -0.15) is 0 Å². The molecule has 2 N–H and O–H groups in total. The summed E-state index contributed by atoms with van der Waals surface area (Å²) in [5.74, 6) is 0.266. The van der Waals surface area contributed by atoms with Gasteiger partial charge in [-0.05, 0) is 57.8 Å². The minimum atomic E-state index is -0.0921. The molecule has 1 aliphatic carbocycles. The Bertz CT molecular complexity index is 1850. The van der Waals surface area contributed by atoms with Crippen molar-refractivity contribution in [2.45, 2.75) is 13.3 Å². The quantitative estimate of drug-likeness (QED) is 0.251. The summed E-state index contributed by atoms with van der Waals surface area (Å²) in [7, 11) is 0. The molecule has 0 amide bonds. The van der Waals surface area contributed by atoms with E-state index in [1.54, 1.807) is 18.2 Å². The summed E-state index contributed by atoms with van der Waals surface area (Å²) in [6.45, 7) is 2.05. The van der Waals surface area contributed by atoms with Crippen molar-refractivity contribution in [3.8, 4) is 11.1 Å². The van der Waals surface area contributed by atoms with Gasteiger partial charge in [-0.15, -0.1) is 0 Å². The van der Waals surface area contributed by atoms with E-state index in [1.807, 2.05) is 60.7 Å². The Morgan fingerprint density at radius 2 is 1.21 bits per heavy atom. The lowest BCUT2D eigenvalue weighted by molar-refractivity contribution is -0.115. The maximum Gasteiger partial charge on any atom is 0.201 e. The normalized spacial score (nSPS) is 15.2. The van der Waals surface area contributed by atoms with Gasteiger partial charge in [0.1, 0.15) is 0 Å². The molecule has 0 fully saturated rings. The molecule has 4 heteroatoms. The number of hydrogen-bond acceptors (Lipinski definition) is 4. The maximum atomic E-state index is 13.1. The molecule has 5 aromatic carbocycles. The zero-order valence-electron chi connectivity index (χ0n) is 21.6. The summed E-state index contributed by atoms with van der Waals surface area (Å²) < 4.78 is 0. The standard InChI is InChI=1S/C35H28N2O2/c1-23-10-9-16-29(33(39)22-23)37-31-21-19-25-12-6-8-14-27(25)35(31)34-26-13-7-5-11-24(26)18-20-30(34)36-28-15-3-2-4-17-32(28)38/h2-21,23,37H,22H2,1H3,(H,36,38). The molecule has 6 rings (SSSR count). The lowest BCUT2D eigenvalue weighted by atomic mass is 9.90. The van der Waals surface area contributed by atoms with Crippen LogP contribution < -0.4 is 16.1 Å². The monoisotopic (exact) mass is 508 g/mol. The van der Waals surface area contributed by atoms with E-state index < -0.39 is 0 Å². The number of benzene rings is 4. The fraction of sp³-hybridized carbons (Fsp3) is 0.0857. The minimum absolute atomic E-state index is 0.0793. The summed E-state index contributed by atoms with van der Waals surface area (Å²) >= 11 is 0. The van der Waals surface area contributed by atoms with Crippen LogP contribution in [-0.2, 0) is 4.79 Å². The molecule has 0 aromatic heterocycles. The molecule has 0 bridgehead atoms. The molecule has 0 saturated heterocycles. The maximum absolute atomic E-state index is 13.1. The highest BCUT2D eigenvalue weighted by Gasteiger charge is 2.21. The van der Waals surface area contributed by atoms with Crippen LogP contribution in [0, 0.1) is 5.92 Å². The van der Waals surface area contributed by atoms with E-state index in [0.29, 0.717) is 17.8 Å². The average Bonchev–Trinajstić information content (AvgIpc) is 3.25. The molecule has 4 nitrogen and oxygen atoms in total. The van der Waals surface area contributed by atoms with Crippen LogP contribution in [0.25, 0.3) is 32.7 Å².